The third-order valence-electron chi connectivity index (χ3n) is 5.63. The van der Waals surface area contributed by atoms with Gasteiger partial charge in [-0.1, -0.05) is 42.5 Å². The molecule has 2 heterocycles. The van der Waals surface area contributed by atoms with E-state index in [-0.39, 0.29) is 5.91 Å². The molecule has 0 unspecified atom stereocenters. The summed E-state index contributed by atoms with van der Waals surface area (Å²) in [5.74, 6) is 0.736. The summed E-state index contributed by atoms with van der Waals surface area (Å²) in [6, 6.07) is 19.9. The molecule has 2 aromatic carbocycles. The van der Waals surface area contributed by atoms with E-state index in [1.807, 2.05) is 53.4 Å². The number of hydrogen-bond acceptors (Lipinski definition) is 3. The minimum absolute atomic E-state index is 0.0493. The van der Waals surface area contributed by atoms with Crippen molar-refractivity contribution in [1.29, 1.82) is 0 Å². The van der Waals surface area contributed by atoms with Crippen molar-refractivity contribution in [2.45, 2.75) is 13.8 Å². The van der Waals surface area contributed by atoms with Gasteiger partial charge in [-0.05, 0) is 54.8 Å². The molecule has 0 saturated carbocycles. The Labute approximate surface area is 172 Å². The van der Waals surface area contributed by atoms with Gasteiger partial charge in [0.15, 0.2) is 0 Å². The summed E-state index contributed by atoms with van der Waals surface area (Å²) in [7, 11) is 0. The number of aryl methyl sites for hydroxylation is 1. The largest absolute Gasteiger partial charge is 0.465 e. The Morgan fingerprint density at radius 1 is 0.897 bits per heavy atom. The normalized spacial score (nSPS) is 14.9. The molecule has 4 rings (SSSR count). The number of anilines is 1. The van der Waals surface area contributed by atoms with Crippen molar-refractivity contribution in [2.24, 2.45) is 0 Å². The van der Waals surface area contributed by atoms with Crippen molar-refractivity contribution in [3.8, 4) is 0 Å². The smallest absolute Gasteiger partial charge is 0.254 e. The van der Waals surface area contributed by atoms with Gasteiger partial charge >= 0.3 is 0 Å². The average Bonchev–Trinajstić information content (AvgIpc) is 3.28. The molecule has 0 bridgehead atoms. The van der Waals surface area contributed by atoms with Crippen LogP contribution < -0.4 is 4.90 Å². The summed E-state index contributed by atoms with van der Waals surface area (Å²) in [5.41, 5.74) is 5.46. The quantitative estimate of drug-likeness (QED) is 0.605. The molecule has 1 aromatic heterocycles. The van der Waals surface area contributed by atoms with Crippen LogP contribution in [0.4, 0.5) is 5.69 Å². The standard InChI is InChI=1S/C25H26N2O2/c1-19-8-6-12-24(20(19)2)26-13-15-27(16-14-26)25(28)23(18-22-11-7-17-29-22)21-9-4-3-5-10-21/h3-12,17-18H,13-16H2,1-2H3/b23-18+. The molecule has 1 saturated heterocycles. The topological polar surface area (TPSA) is 36.7 Å². The molecule has 29 heavy (non-hydrogen) atoms. The van der Waals surface area contributed by atoms with E-state index in [1.54, 1.807) is 6.26 Å². The highest BCUT2D eigenvalue weighted by molar-refractivity contribution is 6.24. The first-order valence-electron chi connectivity index (χ1n) is 10.0. The molecule has 0 N–H and O–H groups in total. The number of carbonyl (C=O) groups is 1. The van der Waals surface area contributed by atoms with Gasteiger partial charge in [0.25, 0.3) is 5.91 Å². The van der Waals surface area contributed by atoms with Crippen LogP contribution in [0.15, 0.2) is 71.3 Å². The molecule has 1 fully saturated rings. The second-order valence-electron chi connectivity index (χ2n) is 7.44. The van der Waals surface area contributed by atoms with Crippen molar-refractivity contribution in [3.63, 3.8) is 0 Å². The Balaban J connectivity index is 1.53. The molecule has 1 aliphatic heterocycles. The van der Waals surface area contributed by atoms with E-state index < -0.39 is 0 Å². The minimum Gasteiger partial charge on any atom is -0.465 e. The zero-order valence-corrected chi connectivity index (χ0v) is 17.0. The van der Waals surface area contributed by atoms with E-state index in [1.165, 1.54) is 16.8 Å². The molecule has 0 spiro atoms. The van der Waals surface area contributed by atoms with Crippen LogP contribution in [0.25, 0.3) is 11.6 Å². The van der Waals surface area contributed by atoms with Crippen LogP contribution in [0.1, 0.15) is 22.5 Å². The molecule has 0 atom stereocenters. The summed E-state index contributed by atoms with van der Waals surface area (Å²) < 4.78 is 5.47. The Bertz CT molecular complexity index is 999. The SMILES string of the molecule is Cc1cccc(N2CCN(C(=O)/C(=C/c3ccco3)c3ccccc3)CC2)c1C. The van der Waals surface area contributed by atoms with E-state index in [2.05, 4.69) is 36.9 Å². The van der Waals surface area contributed by atoms with Gasteiger partial charge in [-0.15, -0.1) is 0 Å². The summed E-state index contributed by atoms with van der Waals surface area (Å²) in [6.45, 7) is 7.38. The van der Waals surface area contributed by atoms with Crippen LogP contribution >= 0.6 is 0 Å². The first kappa shape index (κ1) is 19.1. The lowest BCUT2D eigenvalue weighted by Crippen LogP contribution is -2.49. The predicted molar refractivity (Wildman–Crippen MR) is 118 cm³/mol. The molecule has 0 aliphatic carbocycles. The average molecular weight is 386 g/mol. The van der Waals surface area contributed by atoms with Gasteiger partial charge in [0.2, 0.25) is 0 Å². The number of hydrogen-bond donors (Lipinski definition) is 0. The Morgan fingerprint density at radius 2 is 1.66 bits per heavy atom. The van der Waals surface area contributed by atoms with Gasteiger partial charge in [0.1, 0.15) is 5.76 Å². The lowest BCUT2D eigenvalue weighted by molar-refractivity contribution is -0.125. The van der Waals surface area contributed by atoms with Crippen LogP contribution in [-0.4, -0.2) is 37.0 Å². The van der Waals surface area contributed by atoms with Crippen molar-refractivity contribution < 1.29 is 9.21 Å². The van der Waals surface area contributed by atoms with Gasteiger partial charge in [0, 0.05) is 31.9 Å². The molecule has 4 heteroatoms. The molecule has 1 aliphatic rings. The first-order valence-corrected chi connectivity index (χ1v) is 10.0. The highest BCUT2D eigenvalue weighted by Gasteiger charge is 2.25. The third-order valence-corrected chi connectivity index (χ3v) is 5.63. The van der Waals surface area contributed by atoms with Crippen molar-refractivity contribution >= 4 is 23.2 Å². The summed E-state index contributed by atoms with van der Waals surface area (Å²) in [6.07, 6.45) is 3.47. The molecular formula is C25H26N2O2. The highest BCUT2D eigenvalue weighted by Crippen LogP contribution is 2.26. The van der Waals surface area contributed by atoms with Crippen molar-refractivity contribution in [1.82, 2.24) is 4.90 Å². The number of furan rings is 1. The van der Waals surface area contributed by atoms with Crippen LogP contribution in [0.5, 0.6) is 0 Å². The van der Waals surface area contributed by atoms with Crippen molar-refractivity contribution in [3.05, 3.63) is 89.4 Å². The fraction of sp³-hybridized carbons (Fsp3) is 0.240. The number of nitrogens with zero attached hydrogens (tertiary/aromatic N) is 2. The van der Waals surface area contributed by atoms with E-state index >= 15 is 0 Å². The third kappa shape index (κ3) is 4.11. The Kier molecular flexibility index (Phi) is 5.52. The second-order valence-corrected chi connectivity index (χ2v) is 7.44. The van der Waals surface area contributed by atoms with Crippen LogP contribution in [0, 0.1) is 13.8 Å². The Morgan fingerprint density at radius 3 is 2.34 bits per heavy atom. The predicted octanol–water partition coefficient (Wildman–Crippen LogP) is 4.79. The maximum atomic E-state index is 13.4. The molecule has 0 radical (unpaired) electrons. The number of carbonyl (C=O) groups excluding carboxylic acids is 1. The van der Waals surface area contributed by atoms with E-state index in [0.717, 1.165) is 18.7 Å². The summed E-state index contributed by atoms with van der Waals surface area (Å²) >= 11 is 0. The van der Waals surface area contributed by atoms with Crippen LogP contribution in [0.3, 0.4) is 0 Å². The van der Waals surface area contributed by atoms with Gasteiger partial charge in [-0.25, -0.2) is 0 Å². The molecule has 148 valence electrons. The van der Waals surface area contributed by atoms with Crippen LogP contribution in [-0.2, 0) is 4.79 Å². The number of piperazine rings is 1. The van der Waals surface area contributed by atoms with Gasteiger partial charge in [0.05, 0.1) is 11.8 Å². The molecule has 4 nitrogen and oxygen atoms in total. The maximum absolute atomic E-state index is 13.4. The molecular weight excluding hydrogens is 360 g/mol. The van der Waals surface area contributed by atoms with Crippen LogP contribution in [0.2, 0.25) is 0 Å². The number of benzene rings is 2. The first-order chi connectivity index (χ1) is 14.1. The minimum atomic E-state index is 0.0493. The maximum Gasteiger partial charge on any atom is 0.254 e. The lowest BCUT2D eigenvalue weighted by atomic mass is 10.0. The second kappa shape index (κ2) is 8.39. The van der Waals surface area contributed by atoms with Crippen molar-refractivity contribution in [2.75, 3.05) is 31.1 Å². The zero-order chi connectivity index (χ0) is 20.2. The van der Waals surface area contributed by atoms with E-state index in [4.69, 9.17) is 4.42 Å². The number of amides is 1. The molecule has 3 aromatic rings. The van der Waals surface area contributed by atoms with Gasteiger partial charge in [-0.3, -0.25) is 4.79 Å². The number of rotatable bonds is 4. The monoisotopic (exact) mass is 386 g/mol. The summed E-state index contributed by atoms with van der Waals surface area (Å²) in [4.78, 5) is 17.7. The van der Waals surface area contributed by atoms with Gasteiger partial charge < -0.3 is 14.2 Å². The lowest BCUT2D eigenvalue weighted by Gasteiger charge is -2.37. The summed E-state index contributed by atoms with van der Waals surface area (Å²) in [5, 5.41) is 0. The zero-order valence-electron chi connectivity index (χ0n) is 17.0. The fourth-order valence-electron chi connectivity index (χ4n) is 3.80. The Hall–Kier alpha value is -3.27. The highest BCUT2D eigenvalue weighted by atomic mass is 16.3. The fourth-order valence-corrected chi connectivity index (χ4v) is 3.80. The molecule has 1 amide bonds. The van der Waals surface area contributed by atoms with E-state index in [0.29, 0.717) is 24.4 Å². The van der Waals surface area contributed by atoms with Gasteiger partial charge in [-0.2, -0.15) is 0 Å². The van der Waals surface area contributed by atoms with E-state index in [9.17, 15) is 4.79 Å².